The van der Waals surface area contributed by atoms with Crippen molar-refractivity contribution in [2.24, 2.45) is 11.8 Å². The molecule has 36 heavy (non-hydrogen) atoms. The maximum absolute atomic E-state index is 12.5. The summed E-state index contributed by atoms with van der Waals surface area (Å²) in [6.45, 7) is 7.95. The summed E-state index contributed by atoms with van der Waals surface area (Å²) >= 11 is 0. The molecule has 0 radical (unpaired) electrons. The number of benzene rings is 1. The Morgan fingerprint density at radius 2 is 1.83 bits per heavy atom. The molecule has 0 bridgehead atoms. The summed E-state index contributed by atoms with van der Waals surface area (Å²) < 4.78 is 12.1. The van der Waals surface area contributed by atoms with E-state index >= 15 is 0 Å². The van der Waals surface area contributed by atoms with Crippen LogP contribution in [0.1, 0.15) is 27.2 Å². The molecule has 9 heteroatoms. The highest BCUT2D eigenvalue weighted by Gasteiger charge is 2.39. The van der Waals surface area contributed by atoms with Crippen LogP contribution >= 0.6 is 0 Å². The third kappa shape index (κ3) is 4.13. The number of nitrogens with one attached hydrogen (secondary N) is 2. The first kappa shape index (κ1) is 22.7. The van der Waals surface area contributed by atoms with Crippen LogP contribution in [0.4, 0.5) is 17.3 Å². The lowest BCUT2D eigenvalue weighted by atomic mass is 10.1. The number of pyridine rings is 2. The Morgan fingerprint density at radius 3 is 2.56 bits per heavy atom. The van der Waals surface area contributed by atoms with Crippen LogP contribution in [-0.2, 0) is 9.53 Å². The summed E-state index contributed by atoms with van der Waals surface area (Å²) in [5.41, 5.74) is 3.33. The van der Waals surface area contributed by atoms with Gasteiger partial charge in [-0.2, -0.15) is 0 Å². The molecule has 2 fully saturated rings. The number of carbonyl (C=O) groups is 1. The van der Waals surface area contributed by atoms with E-state index in [2.05, 4.69) is 58.4 Å². The van der Waals surface area contributed by atoms with Gasteiger partial charge in [0, 0.05) is 54.9 Å². The molecular formula is C27H30N6O3. The van der Waals surface area contributed by atoms with Crippen molar-refractivity contribution in [3.63, 3.8) is 0 Å². The smallest absolute Gasteiger partial charge is 0.229 e. The minimum Gasteiger partial charge on any atom is -0.436 e. The van der Waals surface area contributed by atoms with Crippen molar-refractivity contribution in [1.29, 1.82) is 0 Å². The Hall–Kier alpha value is -3.72. The normalized spacial score (nSPS) is 23.7. The first-order valence-corrected chi connectivity index (χ1v) is 12.5. The van der Waals surface area contributed by atoms with Gasteiger partial charge in [-0.3, -0.25) is 4.79 Å². The van der Waals surface area contributed by atoms with Crippen molar-refractivity contribution < 1.29 is 13.9 Å². The minimum atomic E-state index is 0.0138. The molecule has 1 amide bonds. The quantitative estimate of drug-likeness (QED) is 0.419. The molecule has 2 N–H and O–H groups in total. The molecule has 3 aromatic heterocycles. The number of morpholine rings is 1. The van der Waals surface area contributed by atoms with Crippen molar-refractivity contribution in [1.82, 2.24) is 15.0 Å². The molecule has 1 aliphatic heterocycles. The number of oxazole rings is 1. The van der Waals surface area contributed by atoms with Crippen molar-refractivity contribution in [2.45, 2.75) is 39.4 Å². The molecule has 186 valence electrons. The maximum atomic E-state index is 12.5. The number of anilines is 3. The molecule has 4 atom stereocenters. The summed E-state index contributed by atoms with van der Waals surface area (Å²) in [7, 11) is 1.82. The molecule has 2 aliphatic rings. The van der Waals surface area contributed by atoms with Gasteiger partial charge in [-0.1, -0.05) is 6.92 Å². The second-order valence-corrected chi connectivity index (χ2v) is 10.0. The van der Waals surface area contributed by atoms with Crippen LogP contribution in [0, 0.1) is 11.8 Å². The fraction of sp³-hybridized carbons (Fsp3) is 0.407. The molecule has 4 aromatic rings. The number of nitrogens with zero attached hydrogens (tertiary/aromatic N) is 4. The van der Waals surface area contributed by atoms with Gasteiger partial charge in [0.25, 0.3) is 0 Å². The second-order valence-electron chi connectivity index (χ2n) is 10.0. The van der Waals surface area contributed by atoms with Crippen molar-refractivity contribution in [3.05, 3.63) is 36.7 Å². The molecule has 0 spiro atoms. The summed E-state index contributed by atoms with van der Waals surface area (Å²) in [6.07, 6.45) is 4.75. The van der Waals surface area contributed by atoms with E-state index in [-0.39, 0.29) is 24.0 Å². The number of hydrogen-bond acceptors (Lipinski definition) is 8. The maximum Gasteiger partial charge on any atom is 0.229 e. The van der Waals surface area contributed by atoms with Crippen LogP contribution in [-0.4, -0.2) is 53.2 Å². The molecule has 1 saturated carbocycles. The number of amides is 1. The highest BCUT2D eigenvalue weighted by Crippen LogP contribution is 2.39. The number of aromatic nitrogens is 3. The van der Waals surface area contributed by atoms with E-state index in [1.807, 2.05) is 19.2 Å². The van der Waals surface area contributed by atoms with Gasteiger partial charge < -0.3 is 24.7 Å². The number of rotatable bonds is 5. The van der Waals surface area contributed by atoms with E-state index in [1.54, 1.807) is 12.4 Å². The first-order valence-electron chi connectivity index (χ1n) is 12.5. The average Bonchev–Trinajstić information content (AvgIpc) is 3.44. The number of hydrogen-bond donors (Lipinski definition) is 2. The first-order chi connectivity index (χ1) is 17.4. The standard InChI is InChI=1S/C27H30N6O3/c1-14-7-18(14)26(34)32-24-9-19-20(10-29-24)25(28-4)30-11-21(19)27-31-22-8-17(5-6-23(22)36-27)33-12-15(2)35-16(3)13-33/h5-6,8-11,14-16,18H,7,12-13H2,1-4H3,(H,28,30)(H,29,32,34)/t14-,15-,16-,18+/m1/s1. The van der Waals surface area contributed by atoms with Crippen LogP contribution in [0.3, 0.4) is 0 Å². The zero-order valence-electron chi connectivity index (χ0n) is 20.9. The zero-order chi connectivity index (χ0) is 25.0. The highest BCUT2D eigenvalue weighted by molar-refractivity contribution is 6.03. The molecule has 9 nitrogen and oxygen atoms in total. The average molecular weight is 487 g/mol. The third-order valence-electron chi connectivity index (χ3n) is 7.09. The van der Waals surface area contributed by atoms with Gasteiger partial charge in [-0.25, -0.2) is 15.0 Å². The molecule has 6 rings (SSSR count). The molecule has 4 heterocycles. The predicted octanol–water partition coefficient (Wildman–Crippen LogP) is 4.69. The summed E-state index contributed by atoms with van der Waals surface area (Å²) in [5, 5.41) is 7.76. The topological polar surface area (TPSA) is 105 Å². The SMILES string of the molecule is CNc1ncc(-c2nc3cc(N4C[C@@H](C)O[C@H](C)C4)ccc3o2)c2cc(NC(=O)[C@H]3C[C@H]3C)ncc12. The lowest BCUT2D eigenvalue weighted by Gasteiger charge is -2.36. The lowest BCUT2D eigenvalue weighted by molar-refractivity contribution is -0.117. The molecule has 0 unspecified atom stereocenters. The minimum absolute atomic E-state index is 0.0138. The Morgan fingerprint density at radius 1 is 1.06 bits per heavy atom. The van der Waals surface area contributed by atoms with Crippen LogP contribution in [0.25, 0.3) is 33.3 Å². The van der Waals surface area contributed by atoms with E-state index in [0.717, 1.165) is 47.1 Å². The van der Waals surface area contributed by atoms with Gasteiger partial charge in [0.05, 0.1) is 17.8 Å². The largest absolute Gasteiger partial charge is 0.436 e. The summed E-state index contributed by atoms with van der Waals surface area (Å²) in [6, 6.07) is 7.97. The summed E-state index contributed by atoms with van der Waals surface area (Å²) in [5.74, 6) is 2.19. The molecule has 1 aliphatic carbocycles. The van der Waals surface area contributed by atoms with Gasteiger partial charge in [-0.15, -0.1) is 0 Å². The van der Waals surface area contributed by atoms with Gasteiger partial charge in [0.15, 0.2) is 5.58 Å². The Kier molecular flexibility index (Phi) is 5.52. The zero-order valence-corrected chi connectivity index (χ0v) is 20.9. The fourth-order valence-corrected chi connectivity index (χ4v) is 5.10. The third-order valence-corrected chi connectivity index (χ3v) is 7.09. The summed E-state index contributed by atoms with van der Waals surface area (Å²) in [4.78, 5) is 28.7. The lowest BCUT2D eigenvalue weighted by Crippen LogP contribution is -2.45. The van der Waals surface area contributed by atoms with Crippen LogP contribution in [0.5, 0.6) is 0 Å². The molecular weight excluding hydrogens is 456 g/mol. The Bertz CT molecular complexity index is 1460. The Labute approximate surface area is 209 Å². The van der Waals surface area contributed by atoms with E-state index in [1.165, 1.54) is 0 Å². The van der Waals surface area contributed by atoms with Crippen molar-refractivity contribution >= 4 is 45.1 Å². The monoisotopic (exact) mass is 486 g/mol. The number of ether oxygens (including phenoxy) is 1. The van der Waals surface area contributed by atoms with E-state index < -0.39 is 0 Å². The second kappa shape index (κ2) is 8.74. The predicted molar refractivity (Wildman–Crippen MR) is 140 cm³/mol. The van der Waals surface area contributed by atoms with Gasteiger partial charge >= 0.3 is 0 Å². The van der Waals surface area contributed by atoms with E-state index in [0.29, 0.717) is 29.0 Å². The van der Waals surface area contributed by atoms with Crippen LogP contribution in [0.15, 0.2) is 41.1 Å². The van der Waals surface area contributed by atoms with Crippen LogP contribution in [0.2, 0.25) is 0 Å². The van der Waals surface area contributed by atoms with E-state index in [4.69, 9.17) is 14.1 Å². The molecule has 1 saturated heterocycles. The Balaban J connectivity index is 1.38. The number of carbonyl (C=O) groups excluding carboxylic acids is 1. The highest BCUT2D eigenvalue weighted by atomic mass is 16.5. The van der Waals surface area contributed by atoms with Crippen molar-refractivity contribution in [3.8, 4) is 11.5 Å². The molecule has 1 aromatic carbocycles. The van der Waals surface area contributed by atoms with Gasteiger partial charge in [0.1, 0.15) is 17.2 Å². The van der Waals surface area contributed by atoms with Crippen molar-refractivity contribution in [2.75, 3.05) is 35.7 Å². The van der Waals surface area contributed by atoms with E-state index in [9.17, 15) is 4.79 Å². The van der Waals surface area contributed by atoms with Gasteiger partial charge in [0.2, 0.25) is 11.8 Å². The number of fused-ring (bicyclic) bond motifs is 2. The fourth-order valence-electron chi connectivity index (χ4n) is 5.10. The van der Waals surface area contributed by atoms with Crippen LogP contribution < -0.4 is 15.5 Å². The van der Waals surface area contributed by atoms with Gasteiger partial charge in [-0.05, 0) is 50.5 Å².